The predicted octanol–water partition coefficient (Wildman–Crippen LogP) is 6.96. The fourth-order valence-electron chi connectivity index (χ4n) is 7.54. The lowest BCUT2D eigenvalue weighted by molar-refractivity contribution is -0.140. The van der Waals surface area contributed by atoms with Gasteiger partial charge in [-0.15, -0.1) is 0 Å². The normalized spacial score (nSPS) is 23.5. The van der Waals surface area contributed by atoms with Crippen molar-refractivity contribution in [3.63, 3.8) is 0 Å². The van der Waals surface area contributed by atoms with Crippen LogP contribution in [0.3, 0.4) is 0 Å². The Morgan fingerprint density at radius 2 is 1.47 bits per heavy atom. The number of piperidine rings is 2. The minimum Gasteiger partial charge on any atom is -0.342 e. The van der Waals surface area contributed by atoms with Crippen molar-refractivity contribution in [1.29, 1.82) is 0 Å². The van der Waals surface area contributed by atoms with Gasteiger partial charge in [0.05, 0.1) is 10.8 Å². The van der Waals surface area contributed by atoms with Crippen LogP contribution in [0.5, 0.6) is 0 Å². The summed E-state index contributed by atoms with van der Waals surface area (Å²) < 4.78 is 0. The number of nitrogens with zero attached hydrogens (tertiary/aromatic N) is 3. The van der Waals surface area contributed by atoms with Crippen molar-refractivity contribution >= 4 is 35.0 Å². The number of halogens is 2. The predicted molar refractivity (Wildman–Crippen MR) is 173 cm³/mol. The Morgan fingerprint density at radius 3 is 2.14 bits per heavy atom. The molecule has 7 heteroatoms. The molecule has 43 heavy (non-hydrogen) atoms. The maximum atomic E-state index is 14.2. The van der Waals surface area contributed by atoms with Gasteiger partial charge in [-0.3, -0.25) is 9.59 Å². The van der Waals surface area contributed by atoms with Crippen LogP contribution in [0.2, 0.25) is 10.0 Å². The standard InChI is InChI=1S/C36H41Cl2N3O2/c1-39(25-27-10-6-7-13-32(27)38)34(43)36(29-14-16-31(37)17-15-29)24-30(36)26-40-22-18-35(19-23-40,28-11-4-2-5-12-28)33(42)41-20-8-3-9-21-41/h2,4-7,10-17,30H,3,8-9,18-26H2,1H3. The quantitative estimate of drug-likeness (QED) is 0.274. The van der Waals surface area contributed by atoms with Gasteiger partial charge in [-0.25, -0.2) is 0 Å². The molecule has 226 valence electrons. The van der Waals surface area contributed by atoms with E-state index in [1.807, 2.05) is 66.5 Å². The summed E-state index contributed by atoms with van der Waals surface area (Å²) in [5.74, 6) is 0.615. The molecule has 0 bridgehead atoms. The van der Waals surface area contributed by atoms with Gasteiger partial charge in [0.1, 0.15) is 0 Å². The Kier molecular flexibility index (Phi) is 8.86. The summed E-state index contributed by atoms with van der Waals surface area (Å²) in [5.41, 5.74) is 2.04. The van der Waals surface area contributed by atoms with E-state index in [1.54, 1.807) is 0 Å². The maximum absolute atomic E-state index is 14.2. The zero-order valence-electron chi connectivity index (χ0n) is 25.0. The van der Waals surface area contributed by atoms with Crippen molar-refractivity contribution in [2.24, 2.45) is 5.92 Å². The van der Waals surface area contributed by atoms with Gasteiger partial charge >= 0.3 is 0 Å². The third kappa shape index (κ3) is 5.96. The average Bonchev–Trinajstić information content (AvgIpc) is 3.77. The molecule has 1 aliphatic carbocycles. The molecule has 1 saturated carbocycles. The van der Waals surface area contributed by atoms with Crippen molar-refractivity contribution in [1.82, 2.24) is 14.7 Å². The van der Waals surface area contributed by atoms with Crippen molar-refractivity contribution < 1.29 is 9.59 Å². The molecule has 2 saturated heterocycles. The van der Waals surface area contributed by atoms with Gasteiger partial charge in [-0.05, 0) is 92.4 Å². The van der Waals surface area contributed by atoms with Crippen LogP contribution < -0.4 is 0 Å². The molecular weight excluding hydrogens is 577 g/mol. The topological polar surface area (TPSA) is 43.9 Å². The zero-order chi connectivity index (χ0) is 30.0. The van der Waals surface area contributed by atoms with Crippen LogP contribution in [-0.4, -0.2) is 66.3 Å². The molecule has 0 spiro atoms. The molecule has 3 aliphatic rings. The second kappa shape index (κ2) is 12.6. The van der Waals surface area contributed by atoms with E-state index in [4.69, 9.17) is 23.2 Å². The van der Waals surface area contributed by atoms with E-state index in [9.17, 15) is 9.59 Å². The van der Waals surface area contributed by atoms with Crippen LogP contribution >= 0.6 is 23.2 Å². The third-order valence-electron chi connectivity index (χ3n) is 10.1. The molecule has 3 fully saturated rings. The monoisotopic (exact) mass is 617 g/mol. The molecule has 2 aliphatic heterocycles. The van der Waals surface area contributed by atoms with E-state index in [1.165, 1.54) is 6.42 Å². The molecule has 6 rings (SSSR count). The largest absolute Gasteiger partial charge is 0.342 e. The number of rotatable bonds is 8. The van der Waals surface area contributed by atoms with E-state index in [2.05, 4.69) is 34.1 Å². The maximum Gasteiger partial charge on any atom is 0.233 e. The summed E-state index contributed by atoms with van der Waals surface area (Å²) in [6, 6.07) is 25.9. The molecule has 2 amide bonds. The highest BCUT2D eigenvalue weighted by atomic mass is 35.5. The Bertz CT molecular complexity index is 1430. The Labute approximate surface area is 265 Å². The Hall–Kier alpha value is -2.86. The van der Waals surface area contributed by atoms with Crippen LogP contribution in [0, 0.1) is 5.92 Å². The van der Waals surface area contributed by atoms with Crippen molar-refractivity contribution in [3.8, 4) is 0 Å². The molecule has 5 nitrogen and oxygen atoms in total. The second-order valence-electron chi connectivity index (χ2n) is 12.7. The number of carbonyl (C=O) groups excluding carboxylic acids is 2. The van der Waals surface area contributed by atoms with Gasteiger partial charge in [0.2, 0.25) is 11.8 Å². The zero-order valence-corrected chi connectivity index (χ0v) is 26.5. The summed E-state index contributed by atoms with van der Waals surface area (Å²) in [7, 11) is 1.88. The second-order valence-corrected chi connectivity index (χ2v) is 13.6. The number of likely N-dealkylation sites (N-methyl/N-ethyl adjacent to an activating group) is 1. The first-order valence-corrected chi connectivity index (χ1v) is 16.4. The summed E-state index contributed by atoms with van der Waals surface area (Å²) >= 11 is 12.7. The lowest BCUT2D eigenvalue weighted by atomic mass is 9.71. The number of carbonyl (C=O) groups is 2. The summed E-state index contributed by atoms with van der Waals surface area (Å²) in [5, 5.41) is 1.34. The molecule has 2 unspecified atom stereocenters. The molecular formula is C36H41Cl2N3O2. The van der Waals surface area contributed by atoms with Gasteiger partial charge in [0, 0.05) is 43.3 Å². The first-order chi connectivity index (χ1) is 20.8. The molecule has 3 aromatic rings. The highest BCUT2D eigenvalue weighted by Gasteiger charge is 2.62. The Balaban J connectivity index is 1.19. The number of hydrogen-bond acceptors (Lipinski definition) is 3. The first kappa shape index (κ1) is 30.2. The number of benzene rings is 3. The van der Waals surface area contributed by atoms with Crippen molar-refractivity contribution in [3.05, 3.63) is 106 Å². The van der Waals surface area contributed by atoms with Crippen LogP contribution in [0.4, 0.5) is 0 Å². The summed E-state index contributed by atoms with van der Waals surface area (Å²) in [6.07, 6.45) is 5.79. The highest BCUT2D eigenvalue weighted by molar-refractivity contribution is 6.31. The first-order valence-electron chi connectivity index (χ1n) is 15.7. The van der Waals surface area contributed by atoms with Crippen LogP contribution in [-0.2, 0) is 27.0 Å². The fourth-order valence-corrected chi connectivity index (χ4v) is 7.86. The van der Waals surface area contributed by atoms with E-state index >= 15 is 0 Å². The number of hydrogen-bond donors (Lipinski definition) is 0. The number of likely N-dealkylation sites (tertiary alicyclic amines) is 2. The average molecular weight is 619 g/mol. The smallest absolute Gasteiger partial charge is 0.233 e. The SMILES string of the molecule is CN(Cc1ccccc1Cl)C(=O)C1(c2ccc(Cl)cc2)CC1CN1CCC(C(=O)N2CCCCC2)(c2ccccc2)CC1. The van der Waals surface area contributed by atoms with E-state index in [0.717, 1.165) is 81.5 Å². The van der Waals surface area contributed by atoms with Gasteiger partial charge in [0.25, 0.3) is 0 Å². The summed E-state index contributed by atoms with van der Waals surface area (Å²) in [6.45, 7) is 4.70. The lowest BCUT2D eigenvalue weighted by Crippen LogP contribution is -2.54. The van der Waals surface area contributed by atoms with E-state index < -0.39 is 10.8 Å². The van der Waals surface area contributed by atoms with E-state index in [0.29, 0.717) is 22.5 Å². The van der Waals surface area contributed by atoms with Crippen LogP contribution in [0.15, 0.2) is 78.9 Å². The van der Waals surface area contributed by atoms with Gasteiger partial charge < -0.3 is 14.7 Å². The minimum absolute atomic E-state index is 0.121. The molecule has 0 radical (unpaired) electrons. The lowest BCUT2D eigenvalue weighted by Gasteiger charge is -2.44. The molecule has 2 heterocycles. The molecule has 3 aromatic carbocycles. The Morgan fingerprint density at radius 1 is 0.814 bits per heavy atom. The molecule has 2 atom stereocenters. The van der Waals surface area contributed by atoms with Gasteiger partial charge in [0.15, 0.2) is 0 Å². The van der Waals surface area contributed by atoms with Gasteiger partial charge in [-0.2, -0.15) is 0 Å². The van der Waals surface area contributed by atoms with Gasteiger partial charge in [-0.1, -0.05) is 83.9 Å². The van der Waals surface area contributed by atoms with Crippen molar-refractivity contribution in [2.45, 2.75) is 55.9 Å². The summed E-state index contributed by atoms with van der Waals surface area (Å²) in [4.78, 5) is 34.7. The highest BCUT2D eigenvalue weighted by Crippen LogP contribution is 2.56. The minimum atomic E-state index is -0.585. The van der Waals surface area contributed by atoms with E-state index in [-0.39, 0.29) is 11.8 Å². The van der Waals surface area contributed by atoms with Crippen LogP contribution in [0.1, 0.15) is 55.2 Å². The van der Waals surface area contributed by atoms with Crippen molar-refractivity contribution in [2.75, 3.05) is 39.8 Å². The third-order valence-corrected chi connectivity index (χ3v) is 10.7. The fraction of sp³-hybridized carbons (Fsp3) is 0.444. The number of amides is 2. The molecule has 0 aromatic heterocycles. The van der Waals surface area contributed by atoms with Crippen LogP contribution in [0.25, 0.3) is 0 Å². The molecule has 0 N–H and O–H groups in total.